The predicted molar refractivity (Wildman–Crippen MR) is 144 cm³/mol. The van der Waals surface area contributed by atoms with Gasteiger partial charge in [0.1, 0.15) is 0 Å². The van der Waals surface area contributed by atoms with E-state index in [0.29, 0.717) is 34.8 Å². The lowest BCUT2D eigenvalue weighted by Gasteiger charge is -2.15. The van der Waals surface area contributed by atoms with Crippen LogP contribution in [0, 0.1) is 0 Å². The number of aliphatic imine (C=N–C) groups is 1. The molecule has 0 aromatic heterocycles. The van der Waals surface area contributed by atoms with E-state index in [4.69, 9.17) is 14.5 Å². The number of hydrogen-bond donors (Lipinski definition) is 0. The maximum atomic E-state index is 13.5. The highest BCUT2D eigenvalue weighted by atomic mass is 79.9. The van der Waals surface area contributed by atoms with Crippen LogP contribution >= 0.6 is 27.7 Å². The average molecular weight is 537 g/mol. The van der Waals surface area contributed by atoms with Gasteiger partial charge < -0.3 is 9.47 Å². The van der Waals surface area contributed by atoms with Gasteiger partial charge in [0.2, 0.25) is 0 Å². The fourth-order valence-corrected chi connectivity index (χ4v) is 4.97. The maximum Gasteiger partial charge on any atom is 0.271 e. The van der Waals surface area contributed by atoms with Crippen LogP contribution in [0.5, 0.6) is 11.5 Å². The minimum absolute atomic E-state index is 0.119. The second kappa shape index (κ2) is 11.4. The van der Waals surface area contributed by atoms with Gasteiger partial charge in [0.15, 0.2) is 16.7 Å². The summed E-state index contributed by atoms with van der Waals surface area (Å²) < 4.78 is 12.5. The Morgan fingerprint density at radius 3 is 2.38 bits per heavy atom. The van der Waals surface area contributed by atoms with Gasteiger partial charge in [-0.2, -0.15) is 0 Å². The number of benzene rings is 3. The van der Waals surface area contributed by atoms with Gasteiger partial charge in [-0.25, -0.2) is 4.99 Å². The summed E-state index contributed by atoms with van der Waals surface area (Å²) in [6.07, 6.45) is 2.77. The van der Waals surface area contributed by atoms with E-state index in [-0.39, 0.29) is 5.91 Å². The van der Waals surface area contributed by atoms with Gasteiger partial charge in [-0.15, -0.1) is 0 Å². The molecule has 0 bridgehead atoms. The molecule has 1 heterocycles. The van der Waals surface area contributed by atoms with Crippen molar-refractivity contribution in [3.8, 4) is 11.5 Å². The molecule has 174 valence electrons. The van der Waals surface area contributed by atoms with Crippen molar-refractivity contribution >= 4 is 56.2 Å². The molecule has 0 saturated carbocycles. The molecule has 0 unspecified atom stereocenters. The third kappa shape index (κ3) is 5.54. The molecule has 1 fully saturated rings. The van der Waals surface area contributed by atoms with Crippen molar-refractivity contribution < 1.29 is 14.3 Å². The number of anilines is 1. The Kier molecular flexibility index (Phi) is 8.08. The van der Waals surface area contributed by atoms with Crippen molar-refractivity contribution in [1.29, 1.82) is 0 Å². The number of para-hydroxylation sites is 2. The molecule has 1 aliphatic rings. The molecule has 1 amide bonds. The Morgan fingerprint density at radius 2 is 1.71 bits per heavy atom. The van der Waals surface area contributed by atoms with Crippen LogP contribution in [0.15, 0.2) is 87.2 Å². The standard InChI is InChI=1S/C27H25BrN2O3S/c1-3-15-33-25-22(28)16-19(17-23(25)32-4-2)18-24-26(31)30(21-13-9-6-10-14-21)27(34-24)29-20-11-7-5-8-12-20/h5-14,16-18H,3-4,15H2,1-2H3/b24-18-,29-27?. The molecule has 0 aliphatic carbocycles. The Bertz CT molecular complexity index is 1210. The van der Waals surface area contributed by atoms with Crippen molar-refractivity contribution in [3.63, 3.8) is 0 Å². The SMILES string of the molecule is CCCOc1c(Br)cc(/C=C2\SC(=Nc3ccccc3)N(c3ccccc3)C2=O)cc1OCC. The summed E-state index contributed by atoms with van der Waals surface area (Å²) in [6.45, 7) is 5.10. The zero-order valence-electron chi connectivity index (χ0n) is 19.0. The summed E-state index contributed by atoms with van der Waals surface area (Å²) in [5.41, 5.74) is 2.40. The van der Waals surface area contributed by atoms with Crippen molar-refractivity contribution in [1.82, 2.24) is 0 Å². The summed E-state index contributed by atoms with van der Waals surface area (Å²) in [5.74, 6) is 1.20. The molecule has 0 N–H and O–H groups in total. The predicted octanol–water partition coefficient (Wildman–Crippen LogP) is 7.45. The molecule has 7 heteroatoms. The normalized spacial score (nSPS) is 15.9. The smallest absolute Gasteiger partial charge is 0.271 e. The van der Waals surface area contributed by atoms with E-state index in [1.54, 1.807) is 4.90 Å². The zero-order valence-corrected chi connectivity index (χ0v) is 21.4. The van der Waals surface area contributed by atoms with E-state index in [1.165, 1.54) is 11.8 Å². The molecule has 0 atom stereocenters. The number of ether oxygens (including phenoxy) is 2. The van der Waals surface area contributed by atoms with Crippen LogP contribution in [0.2, 0.25) is 0 Å². The van der Waals surface area contributed by atoms with E-state index in [0.717, 1.165) is 27.8 Å². The Labute approximate surface area is 212 Å². The van der Waals surface area contributed by atoms with Crippen LogP contribution in [0.1, 0.15) is 25.8 Å². The van der Waals surface area contributed by atoms with Crippen LogP contribution in [0.25, 0.3) is 6.08 Å². The largest absolute Gasteiger partial charge is 0.490 e. The van der Waals surface area contributed by atoms with Gasteiger partial charge in [0.05, 0.1) is 34.0 Å². The first kappa shape index (κ1) is 24.1. The van der Waals surface area contributed by atoms with E-state index in [2.05, 4.69) is 22.9 Å². The van der Waals surface area contributed by atoms with Crippen molar-refractivity contribution in [2.45, 2.75) is 20.3 Å². The van der Waals surface area contributed by atoms with Crippen LogP contribution in [0.3, 0.4) is 0 Å². The number of hydrogen-bond acceptors (Lipinski definition) is 5. The molecule has 1 aliphatic heterocycles. The van der Waals surface area contributed by atoms with Crippen LogP contribution in [0.4, 0.5) is 11.4 Å². The number of amides is 1. The lowest BCUT2D eigenvalue weighted by Crippen LogP contribution is -2.28. The molecule has 3 aromatic carbocycles. The highest BCUT2D eigenvalue weighted by Crippen LogP contribution is 2.40. The minimum atomic E-state index is -0.119. The van der Waals surface area contributed by atoms with Gasteiger partial charge >= 0.3 is 0 Å². The van der Waals surface area contributed by atoms with Gasteiger partial charge in [-0.3, -0.25) is 9.69 Å². The topological polar surface area (TPSA) is 51.1 Å². The molecule has 5 nitrogen and oxygen atoms in total. The van der Waals surface area contributed by atoms with Gasteiger partial charge in [-0.1, -0.05) is 43.3 Å². The number of carbonyl (C=O) groups excluding carboxylic acids is 1. The Hall–Kier alpha value is -3.03. The molecule has 3 aromatic rings. The first-order valence-corrected chi connectivity index (χ1v) is 12.7. The minimum Gasteiger partial charge on any atom is -0.490 e. The van der Waals surface area contributed by atoms with E-state index in [1.807, 2.05) is 85.8 Å². The summed E-state index contributed by atoms with van der Waals surface area (Å²) in [6, 6.07) is 23.1. The molecule has 1 saturated heterocycles. The summed E-state index contributed by atoms with van der Waals surface area (Å²) in [5, 5.41) is 0.612. The average Bonchev–Trinajstić information content (AvgIpc) is 3.14. The molecule has 0 spiro atoms. The van der Waals surface area contributed by atoms with Crippen LogP contribution in [-0.4, -0.2) is 24.3 Å². The fraction of sp³-hybridized carbons (Fsp3) is 0.185. The third-order valence-corrected chi connectivity index (χ3v) is 6.44. The number of amidine groups is 1. The summed E-state index contributed by atoms with van der Waals surface area (Å²) in [7, 11) is 0. The van der Waals surface area contributed by atoms with Gasteiger partial charge in [-0.05, 0) is 89.1 Å². The number of halogens is 1. The third-order valence-electron chi connectivity index (χ3n) is 4.88. The first-order valence-electron chi connectivity index (χ1n) is 11.1. The molecule has 0 radical (unpaired) electrons. The van der Waals surface area contributed by atoms with Gasteiger partial charge in [0, 0.05) is 0 Å². The maximum absolute atomic E-state index is 13.5. The molecule has 34 heavy (non-hydrogen) atoms. The van der Waals surface area contributed by atoms with E-state index >= 15 is 0 Å². The molecular weight excluding hydrogens is 512 g/mol. The first-order chi connectivity index (χ1) is 16.6. The Morgan fingerprint density at radius 1 is 1.00 bits per heavy atom. The summed E-state index contributed by atoms with van der Waals surface area (Å²) in [4.78, 5) is 20.5. The molecular formula is C27H25BrN2O3S. The number of carbonyl (C=O) groups is 1. The Balaban J connectivity index is 1.74. The van der Waals surface area contributed by atoms with E-state index in [9.17, 15) is 4.79 Å². The fourth-order valence-electron chi connectivity index (χ4n) is 3.40. The quantitative estimate of drug-likeness (QED) is 0.280. The van der Waals surface area contributed by atoms with Crippen molar-refractivity contribution in [2.24, 2.45) is 4.99 Å². The van der Waals surface area contributed by atoms with Crippen molar-refractivity contribution in [2.75, 3.05) is 18.1 Å². The van der Waals surface area contributed by atoms with Crippen molar-refractivity contribution in [3.05, 3.63) is 87.7 Å². The second-order valence-electron chi connectivity index (χ2n) is 7.43. The number of nitrogens with zero attached hydrogens (tertiary/aromatic N) is 2. The zero-order chi connectivity index (χ0) is 23.9. The lowest BCUT2D eigenvalue weighted by molar-refractivity contribution is -0.113. The number of rotatable bonds is 8. The summed E-state index contributed by atoms with van der Waals surface area (Å²) >= 11 is 4.96. The lowest BCUT2D eigenvalue weighted by atomic mass is 10.1. The van der Waals surface area contributed by atoms with Crippen LogP contribution < -0.4 is 14.4 Å². The number of thioether (sulfide) groups is 1. The van der Waals surface area contributed by atoms with Gasteiger partial charge in [0.25, 0.3) is 5.91 Å². The van der Waals surface area contributed by atoms with E-state index < -0.39 is 0 Å². The highest BCUT2D eigenvalue weighted by Gasteiger charge is 2.34. The second-order valence-corrected chi connectivity index (χ2v) is 9.29. The molecule has 4 rings (SSSR count). The van der Waals surface area contributed by atoms with Crippen LogP contribution in [-0.2, 0) is 4.79 Å². The monoisotopic (exact) mass is 536 g/mol. The highest BCUT2D eigenvalue weighted by molar-refractivity contribution is 9.10.